The molecule has 1 aromatic rings. The van der Waals surface area contributed by atoms with Crippen molar-refractivity contribution in [2.24, 2.45) is 11.8 Å². The van der Waals surface area contributed by atoms with Gasteiger partial charge in [-0.1, -0.05) is 26.0 Å². The molecule has 7 heteroatoms. The molecule has 2 saturated heterocycles. The molecule has 1 aromatic heterocycles. The maximum absolute atomic E-state index is 13.1. The van der Waals surface area contributed by atoms with E-state index >= 15 is 0 Å². The van der Waals surface area contributed by atoms with Crippen LogP contribution in [0.1, 0.15) is 30.5 Å². The van der Waals surface area contributed by atoms with Crippen molar-refractivity contribution in [1.29, 1.82) is 0 Å². The van der Waals surface area contributed by atoms with E-state index < -0.39 is 17.4 Å². The molecule has 0 aliphatic carbocycles. The fourth-order valence-corrected chi connectivity index (χ4v) is 5.04. The van der Waals surface area contributed by atoms with E-state index in [1.54, 1.807) is 35.2 Å². The highest BCUT2D eigenvalue weighted by Crippen LogP contribution is 2.51. The topological polar surface area (TPSA) is 62.7 Å². The SMILES string of the molecule is CC(C)c1nc(CN(C)C(=O)[C@H]2[C@H]3C(=O)N(C)C[C@]34C=C[C@H]2O4)cs1. The Hall–Kier alpha value is -1.73. The predicted molar refractivity (Wildman–Crippen MR) is 94.0 cm³/mol. The number of hydrogen-bond donors (Lipinski definition) is 0. The Morgan fingerprint density at radius 3 is 3.00 bits per heavy atom. The lowest BCUT2D eigenvalue weighted by Crippen LogP contribution is -2.44. The molecule has 1 spiro atoms. The normalized spacial score (nSPS) is 32.8. The Kier molecular flexibility index (Phi) is 3.77. The first kappa shape index (κ1) is 16.7. The van der Waals surface area contributed by atoms with E-state index in [0.29, 0.717) is 19.0 Å². The van der Waals surface area contributed by atoms with Crippen LogP contribution in [-0.2, 0) is 20.9 Å². The fourth-order valence-electron chi connectivity index (χ4n) is 4.21. The van der Waals surface area contributed by atoms with Crippen LogP contribution in [-0.4, -0.2) is 58.9 Å². The second kappa shape index (κ2) is 5.64. The molecule has 0 N–H and O–H groups in total. The zero-order chi connectivity index (χ0) is 17.9. The molecule has 25 heavy (non-hydrogen) atoms. The van der Waals surface area contributed by atoms with Gasteiger partial charge in [-0.2, -0.15) is 0 Å². The van der Waals surface area contributed by atoms with Crippen LogP contribution >= 0.6 is 11.3 Å². The van der Waals surface area contributed by atoms with Gasteiger partial charge in [-0.3, -0.25) is 9.59 Å². The first-order valence-corrected chi connectivity index (χ1v) is 9.52. The summed E-state index contributed by atoms with van der Waals surface area (Å²) in [6.45, 7) is 5.20. The van der Waals surface area contributed by atoms with E-state index in [2.05, 4.69) is 18.8 Å². The third-order valence-electron chi connectivity index (χ3n) is 5.41. The van der Waals surface area contributed by atoms with Crippen molar-refractivity contribution in [2.45, 2.75) is 38.0 Å². The van der Waals surface area contributed by atoms with Crippen LogP contribution in [0.2, 0.25) is 0 Å². The summed E-state index contributed by atoms with van der Waals surface area (Å²) in [6, 6.07) is 0. The first-order valence-electron chi connectivity index (χ1n) is 8.64. The summed E-state index contributed by atoms with van der Waals surface area (Å²) in [5, 5.41) is 3.08. The lowest BCUT2D eigenvalue weighted by atomic mass is 9.76. The number of ether oxygens (including phenoxy) is 1. The van der Waals surface area contributed by atoms with Crippen molar-refractivity contribution < 1.29 is 14.3 Å². The number of amides is 2. The molecule has 2 amide bonds. The van der Waals surface area contributed by atoms with Crippen molar-refractivity contribution >= 4 is 23.2 Å². The highest BCUT2D eigenvalue weighted by molar-refractivity contribution is 7.09. The van der Waals surface area contributed by atoms with Gasteiger partial charge in [0.25, 0.3) is 0 Å². The average molecular weight is 361 g/mol. The van der Waals surface area contributed by atoms with Gasteiger partial charge in [-0.15, -0.1) is 11.3 Å². The van der Waals surface area contributed by atoms with Gasteiger partial charge in [0.15, 0.2) is 0 Å². The maximum atomic E-state index is 13.1. The van der Waals surface area contributed by atoms with Crippen LogP contribution in [0.25, 0.3) is 0 Å². The minimum absolute atomic E-state index is 0.00866. The Labute approximate surface area is 151 Å². The van der Waals surface area contributed by atoms with Gasteiger partial charge in [0.1, 0.15) is 5.60 Å². The zero-order valence-corrected chi connectivity index (χ0v) is 15.7. The van der Waals surface area contributed by atoms with Crippen molar-refractivity contribution in [2.75, 3.05) is 20.6 Å². The molecule has 2 bridgehead atoms. The molecule has 134 valence electrons. The van der Waals surface area contributed by atoms with E-state index in [1.807, 2.05) is 17.5 Å². The monoisotopic (exact) mass is 361 g/mol. The minimum atomic E-state index is -0.608. The predicted octanol–water partition coefficient (Wildman–Crippen LogP) is 1.64. The molecule has 0 aromatic carbocycles. The van der Waals surface area contributed by atoms with Crippen LogP contribution in [0.3, 0.4) is 0 Å². The number of likely N-dealkylation sites (tertiary alicyclic amines) is 1. The zero-order valence-electron chi connectivity index (χ0n) is 14.9. The van der Waals surface area contributed by atoms with Gasteiger partial charge in [0.05, 0.1) is 41.7 Å². The van der Waals surface area contributed by atoms with E-state index in [1.165, 1.54) is 0 Å². The molecule has 3 aliphatic heterocycles. The summed E-state index contributed by atoms with van der Waals surface area (Å²) in [5.74, 6) is -0.478. The molecule has 2 fully saturated rings. The van der Waals surface area contributed by atoms with Crippen molar-refractivity contribution in [1.82, 2.24) is 14.8 Å². The lowest BCUT2D eigenvalue weighted by molar-refractivity contribution is -0.142. The van der Waals surface area contributed by atoms with Crippen LogP contribution in [0.5, 0.6) is 0 Å². The van der Waals surface area contributed by atoms with Gasteiger partial charge in [-0.05, 0) is 0 Å². The molecular formula is C18H23N3O3S. The average Bonchev–Trinajstić information content (AvgIpc) is 3.29. The molecule has 6 nitrogen and oxygen atoms in total. The highest BCUT2D eigenvalue weighted by Gasteiger charge is 2.66. The number of carbonyl (C=O) groups excluding carboxylic acids is 2. The molecule has 4 heterocycles. The van der Waals surface area contributed by atoms with E-state index in [-0.39, 0.29) is 17.9 Å². The summed E-state index contributed by atoms with van der Waals surface area (Å²) in [6.07, 6.45) is 3.63. The second-order valence-corrected chi connectivity index (χ2v) is 8.51. The number of carbonyl (C=O) groups is 2. The molecule has 4 atom stereocenters. The molecule has 0 radical (unpaired) electrons. The second-order valence-electron chi connectivity index (χ2n) is 7.62. The third kappa shape index (κ3) is 2.44. The summed E-state index contributed by atoms with van der Waals surface area (Å²) in [7, 11) is 3.55. The van der Waals surface area contributed by atoms with Crippen molar-refractivity contribution in [3.05, 3.63) is 28.2 Å². The van der Waals surface area contributed by atoms with Gasteiger partial charge >= 0.3 is 0 Å². The summed E-state index contributed by atoms with van der Waals surface area (Å²) < 4.78 is 6.06. The van der Waals surface area contributed by atoms with Gasteiger partial charge in [-0.25, -0.2) is 4.98 Å². The highest BCUT2D eigenvalue weighted by atomic mass is 32.1. The number of fused-ring (bicyclic) bond motifs is 1. The summed E-state index contributed by atoms with van der Waals surface area (Å²) in [5.41, 5.74) is 0.289. The summed E-state index contributed by atoms with van der Waals surface area (Å²) >= 11 is 1.63. The quantitative estimate of drug-likeness (QED) is 0.765. The van der Waals surface area contributed by atoms with E-state index in [9.17, 15) is 9.59 Å². The molecular weight excluding hydrogens is 338 g/mol. The van der Waals surface area contributed by atoms with Gasteiger partial charge < -0.3 is 14.5 Å². The van der Waals surface area contributed by atoms with Gasteiger partial charge in [0.2, 0.25) is 11.8 Å². The van der Waals surface area contributed by atoms with Crippen LogP contribution in [0, 0.1) is 11.8 Å². The molecule has 0 unspecified atom stereocenters. The standard InChI is InChI=1S/C18H23N3O3S/c1-10(2)15-19-11(8-25-15)7-20(3)16(22)13-12-5-6-18(24-12)9-21(4)17(23)14(13)18/h5-6,8,10,12-14H,7,9H2,1-4H3/t12-,13-,14+,18-/m1/s1. The Morgan fingerprint density at radius 2 is 2.32 bits per heavy atom. The molecule has 3 aliphatic rings. The summed E-state index contributed by atoms with van der Waals surface area (Å²) in [4.78, 5) is 33.6. The Bertz CT molecular complexity index is 759. The smallest absolute Gasteiger partial charge is 0.229 e. The maximum Gasteiger partial charge on any atom is 0.229 e. The largest absolute Gasteiger partial charge is 0.360 e. The first-order chi connectivity index (χ1) is 11.8. The number of thiazole rings is 1. The molecule has 4 rings (SSSR count). The van der Waals surface area contributed by atoms with Crippen LogP contribution in [0.4, 0.5) is 0 Å². The number of nitrogens with zero attached hydrogens (tertiary/aromatic N) is 3. The van der Waals surface area contributed by atoms with Crippen LogP contribution in [0.15, 0.2) is 17.5 Å². The lowest BCUT2D eigenvalue weighted by Gasteiger charge is -2.27. The minimum Gasteiger partial charge on any atom is -0.360 e. The number of rotatable bonds is 4. The van der Waals surface area contributed by atoms with Crippen molar-refractivity contribution in [3.63, 3.8) is 0 Å². The number of hydrogen-bond acceptors (Lipinski definition) is 5. The molecule has 0 saturated carbocycles. The van der Waals surface area contributed by atoms with Crippen molar-refractivity contribution in [3.8, 4) is 0 Å². The van der Waals surface area contributed by atoms with E-state index in [4.69, 9.17) is 4.74 Å². The number of likely N-dealkylation sites (N-methyl/N-ethyl adjacent to an activating group) is 1. The van der Waals surface area contributed by atoms with Crippen LogP contribution < -0.4 is 0 Å². The van der Waals surface area contributed by atoms with E-state index in [0.717, 1.165) is 10.7 Å². The fraction of sp³-hybridized carbons (Fsp3) is 0.611. The third-order valence-corrected chi connectivity index (χ3v) is 6.61. The Balaban J connectivity index is 1.52. The van der Waals surface area contributed by atoms with Gasteiger partial charge in [0, 0.05) is 25.4 Å². The Morgan fingerprint density at radius 1 is 1.56 bits per heavy atom. The number of aromatic nitrogens is 1.